The first-order valence-corrected chi connectivity index (χ1v) is 6.54. The molecule has 0 bridgehead atoms. The standard InChI is InChI=1S/C14H12O5S/c1-17-10-6-9(8-15)7-11(18-2)13(10)19-14(16)12-4-3-5-20-12/h3-8H,1-2H3. The van der Waals surface area contributed by atoms with Crippen LogP contribution in [0, 0.1) is 0 Å². The minimum atomic E-state index is -0.504. The van der Waals surface area contributed by atoms with E-state index in [2.05, 4.69) is 0 Å². The van der Waals surface area contributed by atoms with Crippen LogP contribution in [0.1, 0.15) is 20.0 Å². The van der Waals surface area contributed by atoms with Crippen LogP contribution in [0.4, 0.5) is 0 Å². The first kappa shape index (κ1) is 14.1. The summed E-state index contributed by atoms with van der Waals surface area (Å²) in [4.78, 5) is 23.3. The first-order valence-electron chi connectivity index (χ1n) is 5.66. The monoisotopic (exact) mass is 292 g/mol. The Labute approximate surface area is 119 Å². The van der Waals surface area contributed by atoms with Crippen molar-refractivity contribution < 1.29 is 23.8 Å². The Morgan fingerprint density at radius 3 is 2.30 bits per heavy atom. The second kappa shape index (κ2) is 6.21. The molecule has 0 spiro atoms. The molecule has 1 aromatic carbocycles. The minimum Gasteiger partial charge on any atom is -0.493 e. The minimum absolute atomic E-state index is 0.152. The van der Waals surface area contributed by atoms with E-state index in [0.29, 0.717) is 16.7 Å². The van der Waals surface area contributed by atoms with Crippen LogP contribution in [-0.4, -0.2) is 26.5 Å². The number of benzene rings is 1. The maximum absolute atomic E-state index is 12.0. The number of aldehydes is 1. The van der Waals surface area contributed by atoms with Crippen LogP contribution < -0.4 is 14.2 Å². The van der Waals surface area contributed by atoms with E-state index in [1.807, 2.05) is 0 Å². The van der Waals surface area contributed by atoms with Gasteiger partial charge in [-0.15, -0.1) is 11.3 Å². The van der Waals surface area contributed by atoms with Crippen LogP contribution in [-0.2, 0) is 0 Å². The smallest absolute Gasteiger partial charge is 0.353 e. The van der Waals surface area contributed by atoms with Crippen molar-refractivity contribution >= 4 is 23.6 Å². The predicted molar refractivity (Wildman–Crippen MR) is 74.2 cm³/mol. The number of ether oxygens (including phenoxy) is 3. The van der Waals surface area contributed by atoms with Gasteiger partial charge in [-0.25, -0.2) is 4.79 Å². The highest BCUT2D eigenvalue weighted by Gasteiger charge is 2.19. The highest BCUT2D eigenvalue weighted by Crippen LogP contribution is 2.38. The fourth-order valence-electron chi connectivity index (χ4n) is 1.61. The van der Waals surface area contributed by atoms with Crippen LogP contribution in [0.5, 0.6) is 17.2 Å². The average molecular weight is 292 g/mol. The molecule has 0 unspecified atom stereocenters. The van der Waals surface area contributed by atoms with Crippen molar-refractivity contribution in [3.8, 4) is 17.2 Å². The summed E-state index contributed by atoms with van der Waals surface area (Å²) in [6.07, 6.45) is 0.663. The average Bonchev–Trinajstić information content (AvgIpc) is 3.01. The molecule has 1 aromatic heterocycles. The molecule has 0 aliphatic carbocycles. The first-order chi connectivity index (χ1) is 9.69. The second-order valence-corrected chi connectivity index (χ2v) is 4.69. The predicted octanol–water partition coefficient (Wildman–Crippen LogP) is 2.80. The third-order valence-electron chi connectivity index (χ3n) is 2.54. The van der Waals surface area contributed by atoms with Gasteiger partial charge in [-0.3, -0.25) is 4.79 Å². The zero-order valence-corrected chi connectivity index (χ0v) is 11.7. The second-order valence-electron chi connectivity index (χ2n) is 3.74. The zero-order valence-electron chi connectivity index (χ0n) is 10.9. The molecular weight excluding hydrogens is 280 g/mol. The number of thiophene rings is 1. The van der Waals surface area contributed by atoms with Crippen LogP contribution in [0.25, 0.3) is 0 Å². The van der Waals surface area contributed by atoms with Gasteiger partial charge in [0.2, 0.25) is 5.75 Å². The van der Waals surface area contributed by atoms with Crippen molar-refractivity contribution in [2.45, 2.75) is 0 Å². The lowest BCUT2D eigenvalue weighted by Gasteiger charge is -2.13. The van der Waals surface area contributed by atoms with E-state index < -0.39 is 5.97 Å². The molecular formula is C14H12O5S. The highest BCUT2D eigenvalue weighted by atomic mass is 32.1. The van der Waals surface area contributed by atoms with Gasteiger partial charge < -0.3 is 14.2 Å². The Morgan fingerprint density at radius 2 is 1.85 bits per heavy atom. The van der Waals surface area contributed by atoms with Crippen molar-refractivity contribution in [1.82, 2.24) is 0 Å². The summed E-state index contributed by atoms with van der Waals surface area (Å²) >= 11 is 1.27. The number of carbonyl (C=O) groups excluding carboxylic acids is 2. The topological polar surface area (TPSA) is 61.8 Å². The summed E-state index contributed by atoms with van der Waals surface area (Å²) in [6, 6.07) is 6.37. The summed E-state index contributed by atoms with van der Waals surface area (Å²) < 4.78 is 15.6. The lowest BCUT2D eigenvalue weighted by Crippen LogP contribution is -2.09. The SMILES string of the molecule is COc1cc(C=O)cc(OC)c1OC(=O)c1cccs1. The number of esters is 1. The van der Waals surface area contributed by atoms with Gasteiger partial charge in [-0.05, 0) is 23.6 Å². The number of carbonyl (C=O) groups is 2. The molecule has 0 radical (unpaired) electrons. The molecule has 0 saturated carbocycles. The number of hydrogen-bond acceptors (Lipinski definition) is 6. The molecule has 20 heavy (non-hydrogen) atoms. The number of methoxy groups -OCH3 is 2. The van der Waals surface area contributed by atoms with Crippen molar-refractivity contribution in [1.29, 1.82) is 0 Å². The molecule has 5 nitrogen and oxygen atoms in total. The van der Waals surface area contributed by atoms with E-state index >= 15 is 0 Å². The molecule has 6 heteroatoms. The van der Waals surface area contributed by atoms with Gasteiger partial charge in [0.05, 0.1) is 14.2 Å². The van der Waals surface area contributed by atoms with E-state index in [1.54, 1.807) is 17.5 Å². The van der Waals surface area contributed by atoms with Crippen molar-refractivity contribution in [3.63, 3.8) is 0 Å². The summed E-state index contributed by atoms with van der Waals surface area (Å²) in [6.45, 7) is 0. The van der Waals surface area contributed by atoms with E-state index in [9.17, 15) is 9.59 Å². The molecule has 0 amide bonds. The van der Waals surface area contributed by atoms with Crippen molar-refractivity contribution in [2.75, 3.05) is 14.2 Å². The molecule has 0 saturated heterocycles. The van der Waals surface area contributed by atoms with Crippen LogP contribution >= 0.6 is 11.3 Å². The normalized spacial score (nSPS) is 9.90. The van der Waals surface area contributed by atoms with Crippen LogP contribution in [0.3, 0.4) is 0 Å². The summed E-state index contributed by atoms with van der Waals surface area (Å²) in [7, 11) is 2.84. The maximum atomic E-state index is 12.0. The third kappa shape index (κ3) is 2.80. The summed E-state index contributed by atoms with van der Waals surface area (Å²) in [5, 5.41) is 1.78. The van der Waals surface area contributed by atoms with Crippen LogP contribution in [0.2, 0.25) is 0 Å². The zero-order chi connectivity index (χ0) is 14.5. The van der Waals surface area contributed by atoms with Crippen LogP contribution in [0.15, 0.2) is 29.6 Å². The Hall–Kier alpha value is -2.34. The van der Waals surface area contributed by atoms with Gasteiger partial charge >= 0.3 is 5.97 Å². The Bertz CT molecular complexity index is 593. The van der Waals surface area contributed by atoms with E-state index in [1.165, 1.54) is 37.7 Å². The van der Waals surface area contributed by atoms with Gasteiger partial charge in [0.1, 0.15) is 11.2 Å². The molecule has 104 valence electrons. The third-order valence-corrected chi connectivity index (χ3v) is 3.39. The lowest BCUT2D eigenvalue weighted by atomic mass is 10.2. The van der Waals surface area contributed by atoms with Crippen molar-refractivity contribution in [3.05, 3.63) is 40.1 Å². The number of hydrogen-bond donors (Lipinski definition) is 0. The maximum Gasteiger partial charge on any atom is 0.353 e. The largest absolute Gasteiger partial charge is 0.493 e. The lowest BCUT2D eigenvalue weighted by molar-refractivity contribution is 0.0729. The fourth-order valence-corrected chi connectivity index (χ4v) is 2.21. The van der Waals surface area contributed by atoms with Gasteiger partial charge in [-0.1, -0.05) is 6.07 Å². The molecule has 0 atom stereocenters. The Kier molecular flexibility index (Phi) is 4.37. The van der Waals surface area contributed by atoms with E-state index in [-0.39, 0.29) is 17.2 Å². The van der Waals surface area contributed by atoms with E-state index in [4.69, 9.17) is 14.2 Å². The molecule has 2 aromatic rings. The van der Waals surface area contributed by atoms with Gasteiger partial charge in [-0.2, -0.15) is 0 Å². The summed E-state index contributed by atoms with van der Waals surface area (Å²) in [5.74, 6) is 0.169. The highest BCUT2D eigenvalue weighted by molar-refractivity contribution is 7.12. The van der Waals surface area contributed by atoms with Gasteiger partial charge in [0.15, 0.2) is 11.5 Å². The molecule has 1 heterocycles. The summed E-state index contributed by atoms with van der Waals surface area (Å²) in [5.41, 5.74) is 0.370. The molecule has 0 N–H and O–H groups in total. The molecule has 2 rings (SSSR count). The Morgan fingerprint density at radius 1 is 1.20 bits per heavy atom. The van der Waals surface area contributed by atoms with E-state index in [0.717, 1.165) is 0 Å². The van der Waals surface area contributed by atoms with Gasteiger partial charge in [0, 0.05) is 5.56 Å². The molecule has 0 aliphatic rings. The fraction of sp³-hybridized carbons (Fsp3) is 0.143. The molecule has 0 aliphatic heterocycles. The van der Waals surface area contributed by atoms with Gasteiger partial charge in [0.25, 0.3) is 0 Å². The number of rotatable bonds is 5. The Balaban J connectivity index is 2.39. The quantitative estimate of drug-likeness (QED) is 0.482. The van der Waals surface area contributed by atoms with Crippen molar-refractivity contribution in [2.24, 2.45) is 0 Å². The molecule has 0 fully saturated rings.